The lowest BCUT2D eigenvalue weighted by atomic mass is 9.98. The van der Waals surface area contributed by atoms with Crippen LogP contribution in [0.2, 0.25) is 5.02 Å². The van der Waals surface area contributed by atoms with E-state index in [1.54, 1.807) is 66.7 Å². The molecule has 0 radical (unpaired) electrons. The first kappa shape index (κ1) is 20.8. The first-order valence-corrected chi connectivity index (χ1v) is 10.1. The molecule has 1 heterocycles. The summed E-state index contributed by atoms with van der Waals surface area (Å²) in [6, 6.07) is 18.4. The Morgan fingerprint density at radius 3 is 2.32 bits per heavy atom. The minimum Gasteiger partial charge on any atom is -0.490 e. The monoisotopic (exact) mass is 438 g/mol. The van der Waals surface area contributed by atoms with Crippen molar-refractivity contribution in [2.24, 2.45) is 0 Å². The van der Waals surface area contributed by atoms with E-state index in [1.165, 1.54) is 0 Å². The van der Waals surface area contributed by atoms with Crippen molar-refractivity contribution in [3.63, 3.8) is 0 Å². The van der Waals surface area contributed by atoms with Gasteiger partial charge in [0.05, 0.1) is 5.56 Å². The molecule has 1 aliphatic heterocycles. The van der Waals surface area contributed by atoms with Crippen LogP contribution in [0.5, 0.6) is 17.2 Å². The van der Waals surface area contributed by atoms with Gasteiger partial charge in [0.25, 0.3) is 0 Å². The van der Waals surface area contributed by atoms with Crippen molar-refractivity contribution in [3.05, 3.63) is 88.4 Å². The van der Waals surface area contributed by atoms with Gasteiger partial charge in [-0.1, -0.05) is 29.8 Å². The Kier molecular flexibility index (Phi) is 6.38. The van der Waals surface area contributed by atoms with Gasteiger partial charge < -0.3 is 18.9 Å². The molecule has 0 atom stereocenters. The number of carbonyl (C=O) groups is 2. The van der Waals surface area contributed by atoms with Gasteiger partial charge in [-0.3, -0.25) is 4.79 Å². The van der Waals surface area contributed by atoms with Crippen molar-refractivity contribution < 1.29 is 28.5 Å². The van der Waals surface area contributed by atoms with Gasteiger partial charge in [0.15, 0.2) is 17.3 Å². The molecular formula is C24H19ClO6. The lowest BCUT2D eigenvalue weighted by molar-refractivity contribution is 0.0448. The average molecular weight is 439 g/mol. The van der Waals surface area contributed by atoms with Crippen molar-refractivity contribution in [3.8, 4) is 17.2 Å². The standard InChI is InChI=1S/C24H19ClO6/c25-17-6-8-18(9-7-17)28-11-14-31-24(27)20-4-2-1-3-19(20)23(26)16-5-10-21-22(15-16)30-13-12-29-21/h1-10,15H,11-14H2. The number of rotatable bonds is 7. The number of halogens is 1. The molecule has 0 saturated heterocycles. The molecule has 7 heteroatoms. The highest BCUT2D eigenvalue weighted by atomic mass is 35.5. The van der Waals surface area contributed by atoms with Gasteiger partial charge in [0.1, 0.15) is 32.2 Å². The van der Waals surface area contributed by atoms with Crippen LogP contribution in [0.1, 0.15) is 26.3 Å². The largest absolute Gasteiger partial charge is 0.490 e. The molecule has 0 amide bonds. The Morgan fingerprint density at radius 2 is 1.55 bits per heavy atom. The minimum absolute atomic E-state index is 0.0357. The summed E-state index contributed by atoms with van der Waals surface area (Å²) < 4.78 is 21.9. The lowest BCUT2D eigenvalue weighted by Crippen LogP contribution is -2.17. The van der Waals surface area contributed by atoms with Crippen LogP contribution in [0.25, 0.3) is 0 Å². The first-order chi connectivity index (χ1) is 15.1. The molecule has 0 bridgehead atoms. The molecule has 6 nitrogen and oxygen atoms in total. The summed E-state index contributed by atoms with van der Waals surface area (Å²) in [4.78, 5) is 25.7. The normalized spacial score (nSPS) is 12.2. The Balaban J connectivity index is 1.42. The van der Waals surface area contributed by atoms with E-state index < -0.39 is 5.97 Å². The second-order valence-electron chi connectivity index (χ2n) is 6.67. The van der Waals surface area contributed by atoms with Gasteiger partial charge in [-0.15, -0.1) is 0 Å². The zero-order valence-electron chi connectivity index (χ0n) is 16.5. The van der Waals surface area contributed by atoms with E-state index in [-0.39, 0.29) is 30.1 Å². The molecule has 0 N–H and O–H groups in total. The average Bonchev–Trinajstić information content (AvgIpc) is 2.82. The maximum atomic E-state index is 13.1. The Morgan fingerprint density at radius 1 is 0.839 bits per heavy atom. The second-order valence-corrected chi connectivity index (χ2v) is 7.11. The summed E-state index contributed by atoms with van der Waals surface area (Å²) >= 11 is 5.84. The highest BCUT2D eigenvalue weighted by Crippen LogP contribution is 2.31. The van der Waals surface area contributed by atoms with Crippen LogP contribution in [0.3, 0.4) is 0 Å². The van der Waals surface area contributed by atoms with E-state index in [9.17, 15) is 9.59 Å². The van der Waals surface area contributed by atoms with E-state index in [0.29, 0.717) is 41.0 Å². The quantitative estimate of drug-likeness (QED) is 0.305. The zero-order chi connectivity index (χ0) is 21.6. The molecule has 31 heavy (non-hydrogen) atoms. The Labute approximate surface area is 184 Å². The van der Waals surface area contributed by atoms with Gasteiger partial charge in [-0.05, 0) is 48.5 Å². The molecule has 0 unspecified atom stereocenters. The fraction of sp³-hybridized carbons (Fsp3) is 0.167. The molecule has 1 aliphatic rings. The third-order valence-corrected chi connectivity index (χ3v) is 4.85. The summed E-state index contributed by atoms with van der Waals surface area (Å²) in [5.41, 5.74) is 0.840. The number of carbonyl (C=O) groups excluding carboxylic acids is 2. The van der Waals surface area contributed by atoms with Crippen molar-refractivity contribution in [1.82, 2.24) is 0 Å². The molecule has 0 saturated carbocycles. The summed E-state index contributed by atoms with van der Waals surface area (Å²) in [6.45, 7) is 1.10. The lowest BCUT2D eigenvalue weighted by Gasteiger charge is -2.18. The molecule has 0 fully saturated rings. The fourth-order valence-electron chi connectivity index (χ4n) is 3.10. The van der Waals surface area contributed by atoms with E-state index in [0.717, 1.165) is 0 Å². The number of esters is 1. The van der Waals surface area contributed by atoms with Crippen LogP contribution >= 0.6 is 11.6 Å². The van der Waals surface area contributed by atoms with Crippen LogP contribution in [-0.2, 0) is 4.74 Å². The molecule has 158 valence electrons. The summed E-state index contributed by atoms with van der Waals surface area (Å²) in [6.07, 6.45) is 0. The van der Waals surface area contributed by atoms with E-state index >= 15 is 0 Å². The molecule has 0 spiro atoms. The van der Waals surface area contributed by atoms with E-state index in [4.69, 9.17) is 30.5 Å². The van der Waals surface area contributed by atoms with Gasteiger partial charge in [0, 0.05) is 16.1 Å². The third-order valence-electron chi connectivity index (χ3n) is 4.59. The smallest absolute Gasteiger partial charge is 0.339 e. The van der Waals surface area contributed by atoms with E-state index in [2.05, 4.69) is 0 Å². The minimum atomic E-state index is -0.596. The number of hydrogen-bond acceptors (Lipinski definition) is 6. The molecule has 4 rings (SSSR count). The van der Waals surface area contributed by atoms with Gasteiger partial charge in [-0.25, -0.2) is 4.79 Å². The molecule has 0 aliphatic carbocycles. The second kappa shape index (κ2) is 9.53. The van der Waals surface area contributed by atoms with Crippen molar-refractivity contribution >= 4 is 23.4 Å². The summed E-state index contributed by atoms with van der Waals surface area (Å²) in [5.74, 6) is 0.825. The van der Waals surface area contributed by atoms with Crippen molar-refractivity contribution in [2.45, 2.75) is 0 Å². The van der Waals surface area contributed by atoms with Crippen LogP contribution in [0.15, 0.2) is 66.7 Å². The number of ether oxygens (including phenoxy) is 4. The number of hydrogen-bond donors (Lipinski definition) is 0. The predicted molar refractivity (Wildman–Crippen MR) is 115 cm³/mol. The Bertz CT molecular complexity index is 1090. The van der Waals surface area contributed by atoms with Crippen molar-refractivity contribution in [1.29, 1.82) is 0 Å². The van der Waals surface area contributed by atoms with Gasteiger partial charge in [0.2, 0.25) is 0 Å². The summed E-state index contributed by atoms with van der Waals surface area (Å²) in [7, 11) is 0. The van der Waals surface area contributed by atoms with Crippen LogP contribution < -0.4 is 14.2 Å². The van der Waals surface area contributed by atoms with Gasteiger partial charge in [-0.2, -0.15) is 0 Å². The number of ketones is 1. The van der Waals surface area contributed by atoms with Crippen molar-refractivity contribution in [2.75, 3.05) is 26.4 Å². The third kappa shape index (κ3) is 4.98. The van der Waals surface area contributed by atoms with Crippen LogP contribution in [-0.4, -0.2) is 38.2 Å². The maximum absolute atomic E-state index is 13.1. The molecule has 3 aromatic carbocycles. The van der Waals surface area contributed by atoms with E-state index in [1.807, 2.05) is 0 Å². The highest BCUT2D eigenvalue weighted by molar-refractivity contribution is 6.30. The van der Waals surface area contributed by atoms with Gasteiger partial charge >= 0.3 is 5.97 Å². The molecular weight excluding hydrogens is 420 g/mol. The summed E-state index contributed by atoms with van der Waals surface area (Å²) in [5, 5.41) is 0.609. The molecule has 0 aromatic heterocycles. The van der Waals surface area contributed by atoms with Crippen LogP contribution in [0.4, 0.5) is 0 Å². The maximum Gasteiger partial charge on any atom is 0.339 e. The predicted octanol–water partition coefficient (Wildman–Crippen LogP) is 4.58. The fourth-order valence-corrected chi connectivity index (χ4v) is 3.23. The topological polar surface area (TPSA) is 71.1 Å². The number of benzene rings is 3. The highest BCUT2D eigenvalue weighted by Gasteiger charge is 2.21. The Hall–Kier alpha value is -3.51. The molecule has 3 aromatic rings. The van der Waals surface area contributed by atoms with Crippen LogP contribution in [0, 0.1) is 0 Å². The number of fused-ring (bicyclic) bond motifs is 1. The zero-order valence-corrected chi connectivity index (χ0v) is 17.3. The SMILES string of the molecule is O=C(OCCOc1ccc(Cl)cc1)c1ccccc1C(=O)c1ccc2c(c1)OCCO2. The first-order valence-electron chi connectivity index (χ1n) is 9.71.